The van der Waals surface area contributed by atoms with Crippen molar-refractivity contribution in [3.8, 4) is 11.1 Å². The number of amides is 1. The average molecular weight is 537 g/mol. The molecule has 3 aromatic rings. The summed E-state index contributed by atoms with van der Waals surface area (Å²) in [6.45, 7) is 6.17. The first-order valence-electron chi connectivity index (χ1n) is 12.9. The molecule has 0 radical (unpaired) electrons. The molecule has 1 amide bonds. The van der Waals surface area contributed by atoms with Crippen LogP contribution in [0, 0.1) is 12.8 Å². The van der Waals surface area contributed by atoms with Gasteiger partial charge >= 0.3 is 0 Å². The third-order valence-electron chi connectivity index (χ3n) is 7.26. The summed E-state index contributed by atoms with van der Waals surface area (Å²) < 4.78 is 34.5. The number of aliphatic hydroxyl groups excluding tert-OH is 1. The van der Waals surface area contributed by atoms with Crippen molar-refractivity contribution in [1.82, 2.24) is 9.21 Å². The van der Waals surface area contributed by atoms with E-state index < -0.39 is 22.2 Å². The van der Waals surface area contributed by atoms with Crippen molar-refractivity contribution in [1.29, 1.82) is 0 Å². The Hall–Kier alpha value is -3.04. The van der Waals surface area contributed by atoms with E-state index in [4.69, 9.17) is 4.74 Å². The molecule has 1 aliphatic rings. The number of benzene rings is 3. The van der Waals surface area contributed by atoms with Crippen LogP contribution in [0.15, 0.2) is 77.7 Å². The second-order valence-electron chi connectivity index (χ2n) is 10.1. The van der Waals surface area contributed by atoms with Gasteiger partial charge in [0.2, 0.25) is 10.0 Å². The maximum absolute atomic E-state index is 13.9. The monoisotopic (exact) mass is 536 g/mol. The van der Waals surface area contributed by atoms with Crippen molar-refractivity contribution >= 4 is 15.9 Å². The minimum Gasteiger partial charge on any atom is -0.394 e. The zero-order valence-corrected chi connectivity index (χ0v) is 23.2. The summed E-state index contributed by atoms with van der Waals surface area (Å²) >= 11 is 0. The van der Waals surface area contributed by atoms with Crippen LogP contribution >= 0.6 is 0 Å². The number of carbonyl (C=O) groups excluding carboxylic acids is 1. The zero-order chi connectivity index (χ0) is 27.4. The lowest BCUT2D eigenvalue weighted by atomic mass is 9.94. The molecule has 0 aliphatic carbocycles. The molecule has 4 rings (SSSR count). The Bertz CT molecular complexity index is 1370. The maximum atomic E-state index is 13.9. The predicted octanol–water partition coefficient (Wildman–Crippen LogP) is 4.34. The second kappa shape index (κ2) is 11.8. The molecule has 0 spiro atoms. The molecule has 0 aromatic heterocycles. The number of fused-ring (bicyclic) bond motifs is 3. The molecule has 0 unspecified atom stereocenters. The first-order chi connectivity index (χ1) is 18.1. The molecule has 3 atom stereocenters. The summed E-state index contributed by atoms with van der Waals surface area (Å²) in [7, 11) is -2.18. The summed E-state index contributed by atoms with van der Waals surface area (Å²) in [5, 5.41) is 9.99. The summed E-state index contributed by atoms with van der Waals surface area (Å²) in [5.74, 6) is -0.397. The Morgan fingerprint density at radius 3 is 2.26 bits per heavy atom. The van der Waals surface area contributed by atoms with Crippen molar-refractivity contribution < 1.29 is 23.1 Å². The van der Waals surface area contributed by atoms with Gasteiger partial charge in [-0.3, -0.25) is 4.79 Å². The van der Waals surface area contributed by atoms with E-state index in [1.807, 2.05) is 69.3 Å². The molecule has 0 fully saturated rings. The Kier molecular flexibility index (Phi) is 8.67. The van der Waals surface area contributed by atoms with Crippen LogP contribution in [-0.2, 0) is 21.4 Å². The van der Waals surface area contributed by atoms with Gasteiger partial charge in [0.05, 0.1) is 30.3 Å². The Labute approximate surface area is 225 Å². The van der Waals surface area contributed by atoms with E-state index in [9.17, 15) is 18.3 Å². The van der Waals surface area contributed by atoms with Crippen LogP contribution in [0.5, 0.6) is 0 Å². The van der Waals surface area contributed by atoms with Gasteiger partial charge in [-0.15, -0.1) is 0 Å². The molecule has 7 nitrogen and oxygen atoms in total. The zero-order valence-electron chi connectivity index (χ0n) is 22.4. The number of hydrogen-bond donors (Lipinski definition) is 1. The molecule has 202 valence electrons. The first-order valence-corrected chi connectivity index (χ1v) is 14.3. The highest BCUT2D eigenvalue weighted by Gasteiger charge is 2.32. The van der Waals surface area contributed by atoms with Gasteiger partial charge < -0.3 is 14.7 Å². The number of nitrogens with zero attached hydrogens (tertiary/aromatic N) is 2. The van der Waals surface area contributed by atoms with Crippen molar-refractivity contribution in [3.05, 3.63) is 89.5 Å². The van der Waals surface area contributed by atoms with E-state index in [0.29, 0.717) is 12.1 Å². The fourth-order valence-corrected chi connectivity index (χ4v) is 5.98. The summed E-state index contributed by atoms with van der Waals surface area (Å²) in [5.41, 5.74) is 4.15. The van der Waals surface area contributed by atoms with Crippen LogP contribution in [-0.4, -0.2) is 67.5 Å². The SMILES string of the molecule is Cc1ccc(S(=O)(=O)N(C)C[C@@H]2OCc3ccccc3-c3ccccc3C(=O)N([C@H](C)CO)C[C@@H]2C)cc1. The number of aliphatic hydroxyl groups is 1. The van der Waals surface area contributed by atoms with E-state index >= 15 is 0 Å². The van der Waals surface area contributed by atoms with E-state index in [2.05, 4.69) is 0 Å². The van der Waals surface area contributed by atoms with Crippen LogP contribution in [0.1, 0.15) is 35.3 Å². The quantitative estimate of drug-likeness (QED) is 0.507. The lowest BCUT2D eigenvalue weighted by molar-refractivity contribution is -0.0146. The van der Waals surface area contributed by atoms with Crippen LogP contribution in [0.4, 0.5) is 0 Å². The third kappa shape index (κ3) is 5.83. The molecular formula is C30H36N2O5S. The highest BCUT2D eigenvalue weighted by molar-refractivity contribution is 7.89. The standard InChI is InChI=1S/C30H36N2O5S/c1-21-13-15-25(16-14-21)38(35,36)31(4)18-29-22(2)17-32(23(3)19-33)30(34)28-12-8-7-11-27(28)26-10-6-5-9-24(26)20-37-29/h5-16,22-23,29,33H,17-20H2,1-4H3/t22-,23+,29-/m0/s1. The van der Waals surface area contributed by atoms with Crippen LogP contribution < -0.4 is 0 Å². The summed E-state index contributed by atoms with van der Waals surface area (Å²) in [6, 6.07) is 21.6. The number of ether oxygens (including phenoxy) is 1. The third-order valence-corrected chi connectivity index (χ3v) is 9.10. The Morgan fingerprint density at radius 2 is 1.61 bits per heavy atom. The molecule has 38 heavy (non-hydrogen) atoms. The number of aryl methyl sites for hydroxylation is 1. The van der Waals surface area contributed by atoms with Gasteiger partial charge in [-0.2, -0.15) is 4.31 Å². The van der Waals surface area contributed by atoms with Crippen molar-refractivity contribution in [2.24, 2.45) is 5.92 Å². The second-order valence-corrected chi connectivity index (χ2v) is 12.2. The van der Waals surface area contributed by atoms with Crippen molar-refractivity contribution in [3.63, 3.8) is 0 Å². The van der Waals surface area contributed by atoms with E-state index in [0.717, 1.165) is 22.3 Å². The molecular weight excluding hydrogens is 500 g/mol. The van der Waals surface area contributed by atoms with Crippen molar-refractivity contribution in [2.45, 2.75) is 44.4 Å². The maximum Gasteiger partial charge on any atom is 0.254 e. The van der Waals surface area contributed by atoms with Gasteiger partial charge in [0.1, 0.15) is 0 Å². The number of hydrogen-bond acceptors (Lipinski definition) is 5. The smallest absolute Gasteiger partial charge is 0.254 e. The fourth-order valence-electron chi connectivity index (χ4n) is 4.79. The van der Waals surface area contributed by atoms with E-state index in [1.165, 1.54) is 4.31 Å². The van der Waals surface area contributed by atoms with E-state index in [1.54, 1.807) is 36.2 Å². The van der Waals surface area contributed by atoms with Crippen LogP contribution in [0.25, 0.3) is 11.1 Å². The molecule has 0 bridgehead atoms. The van der Waals surface area contributed by atoms with Crippen LogP contribution in [0.3, 0.4) is 0 Å². The van der Waals surface area contributed by atoms with Gasteiger partial charge in [0.25, 0.3) is 5.91 Å². The van der Waals surface area contributed by atoms with Crippen LogP contribution in [0.2, 0.25) is 0 Å². The normalized spacial score (nSPS) is 19.4. The van der Waals surface area contributed by atoms with Gasteiger partial charge in [-0.1, -0.05) is 67.1 Å². The van der Waals surface area contributed by atoms with Crippen molar-refractivity contribution in [2.75, 3.05) is 26.7 Å². The number of likely N-dealkylation sites (N-methyl/N-ethyl adjacent to an activating group) is 1. The molecule has 0 saturated heterocycles. The lowest BCUT2D eigenvalue weighted by Gasteiger charge is -2.35. The number of rotatable bonds is 6. The number of sulfonamides is 1. The number of carbonyl (C=O) groups is 1. The van der Waals surface area contributed by atoms with Gasteiger partial charge in [0.15, 0.2) is 0 Å². The molecule has 8 heteroatoms. The summed E-state index contributed by atoms with van der Waals surface area (Å²) in [4.78, 5) is 15.8. The minimum absolute atomic E-state index is 0.113. The molecule has 0 saturated carbocycles. The highest BCUT2D eigenvalue weighted by Crippen LogP contribution is 2.31. The van der Waals surface area contributed by atoms with Gasteiger partial charge in [-0.25, -0.2) is 8.42 Å². The first kappa shape index (κ1) is 28.0. The molecule has 1 heterocycles. The lowest BCUT2D eigenvalue weighted by Crippen LogP contribution is -2.47. The highest BCUT2D eigenvalue weighted by atomic mass is 32.2. The topological polar surface area (TPSA) is 87.2 Å². The fraction of sp³-hybridized carbons (Fsp3) is 0.367. The molecule has 1 aliphatic heterocycles. The average Bonchev–Trinajstić information content (AvgIpc) is 2.94. The van der Waals surface area contributed by atoms with Gasteiger partial charge in [0, 0.05) is 31.6 Å². The predicted molar refractivity (Wildman–Crippen MR) is 148 cm³/mol. The summed E-state index contributed by atoms with van der Waals surface area (Å²) in [6.07, 6.45) is -0.504. The molecule has 1 N–H and O–H groups in total. The molecule has 3 aromatic carbocycles. The van der Waals surface area contributed by atoms with E-state index in [-0.39, 0.29) is 36.5 Å². The Balaban J connectivity index is 1.73. The Morgan fingerprint density at radius 1 is 1.00 bits per heavy atom. The minimum atomic E-state index is -3.74. The van der Waals surface area contributed by atoms with Gasteiger partial charge in [-0.05, 0) is 48.7 Å². The largest absolute Gasteiger partial charge is 0.394 e.